The maximum Gasteiger partial charge on any atom is -0.0279 e. The molecule has 2 saturated carbocycles. The molecule has 0 amide bonds. The van der Waals surface area contributed by atoms with Gasteiger partial charge in [0.1, 0.15) is 0 Å². The van der Waals surface area contributed by atoms with Crippen LogP contribution in [0.1, 0.15) is 63.9 Å². The Balaban J connectivity index is 1.35. The summed E-state index contributed by atoms with van der Waals surface area (Å²) in [5.74, 6) is 4.23. The molecule has 0 aromatic heterocycles. The fourth-order valence-corrected chi connectivity index (χ4v) is 4.26. The van der Waals surface area contributed by atoms with E-state index in [9.17, 15) is 0 Å². The highest BCUT2D eigenvalue weighted by atomic mass is 14.4. The average Bonchev–Trinajstić information content (AvgIpc) is 3.33. The molecule has 1 aromatic rings. The molecule has 2 aliphatic rings. The third-order valence-electron chi connectivity index (χ3n) is 5.88. The van der Waals surface area contributed by atoms with E-state index < -0.39 is 0 Å². The van der Waals surface area contributed by atoms with Gasteiger partial charge in [0.2, 0.25) is 0 Å². The fourth-order valence-electron chi connectivity index (χ4n) is 4.26. The molecule has 2 fully saturated rings. The van der Waals surface area contributed by atoms with Crippen LogP contribution in [0.5, 0.6) is 0 Å². The fraction of sp³-hybridized carbons (Fsp3) is 0.700. The van der Waals surface area contributed by atoms with Crippen molar-refractivity contribution in [2.45, 2.75) is 64.7 Å². The molecule has 2 aliphatic carbocycles. The van der Waals surface area contributed by atoms with E-state index in [1.807, 2.05) is 0 Å². The highest BCUT2D eigenvalue weighted by Crippen LogP contribution is 2.46. The molecule has 0 aliphatic heterocycles. The van der Waals surface area contributed by atoms with Crippen molar-refractivity contribution in [2.24, 2.45) is 23.7 Å². The summed E-state index contributed by atoms with van der Waals surface area (Å²) in [6.45, 7) is 2.51. The Morgan fingerprint density at radius 2 is 1.50 bits per heavy atom. The number of rotatable bonds is 6. The van der Waals surface area contributed by atoms with Crippen LogP contribution in [0.15, 0.2) is 30.3 Å². The summed E-state index contributed by atoms with van der Waals surface area (Å²) < 4.78 is 0. The Hall–Kier alpha value is -0.780. The van der Waals surface area contributed by atoms with Gasteiger partial charge in [-0.2, -0.15) is 0 Å². The number of hydrogen-bond acceptors (Lipinski definition) is 0. The molecule has 0 radical (unpaired) electrons. The van der Waals surface area contributed by atoms with E-state index in [1.165, 1.54) is 37.7 Å². The van der Waals surface area contributed by atoms with E-state index in [0.717, 1.165) is 23.7 Å². The highest BCUT2D eigenvalue weighted by molar-refractivity contribution is 5.14. The van der Waals surface area contributed by atoms with Crippen LogP contribution < -0.4 is 0 Å². The van der Waals surface area contributed by atoms with Crippen molar-refractivity contribution in [3.05, 3.63) is 35.9 Å². The lowest BCUT2D eigenvalue weighted by molar-refractivity contribution is 0.192. The van der Waals surface area contributed by atoms with Crippen LogP contribution >= 0.6 is 0 Å². The molecule has 0 heteroatoms. The lowest BCUT2D eigenvalue weighted by atomic mass is 9.73. The van der Waals surface area contributed by atoms with Crippen molar-refractivity contribution in [3.63, 3.8) is 0 Å². The van der Waals surface area contributed by atoms with Crippen LogP contribution in [-0.4, -0.2) is 0 Å². The lowest BCUT2D eigenvalue weighted by Crippen LogP contribution is -2.21. The minimum atomic E-state index is 0.943. The maximum atomic E-state index is 2.51. The second kappa shape index (κ2) is 6.78. The summed E-state index contributed by atoms with van der Waals surface area (Å²) in [5.41, 5.74) is 1.51. The van der Waals surface area contributed by atoms with Gasteiger partial charge in [0.05, 0.1) is 0 Å². The standard InChI is InChI=1S/C20H30/c1-16(6-5-9-17-7-3-2-4-8-17)18-10-12-19(13-11-18)20-14-15-20/h2-4,7-8,16,18-20H,5-6,9-15H2,1H3. The summed E-state index contributed by atoms with van der Waals surface area (Å²) in [4.78, 5) is 0. The smallest absolute Gasteiger partial charge is 0.0279 e. The molecular formula is C20H30. The van der Waals surface area contributed by atoms with Crippen molar-refractivity contribution in [2.75, 3.05) is 0 Å². The Kier molecular flexibility index (Phi) is 4.81. The SMILES string of the molecule is CC(CCCc1ccccc1)C1CCC(C2CC2)CC1. The van der Waals surface area contributed by atoms with Gasteiger partial charge in [-0.25, -0.2) is 0 Å². The van der Waals surface area contributed by atoms with Crippen LogP contribution in [0.2, 0.25) is 0 Å². The topological polar surface area (TPSA) is 0 Å². The van der Waals surface area contributed by atoms with Crippen LogP contribution in [0.4, 0.5) is 0 Å². The van der Waals surface area contributed by atoms with Gasteiger partial charge in [0.15, 0.2) is 0 Å². The van der Waals surface area contributed by atoms with Gasteiger partial charge in [-0.3, -0.25) is 0 Å². The third kappa shape index (κ3) is 3.87. The molecule has 110 valence electrons. The molecule has 0 bridgehead atoms. The highest BCUT2D eigenvalue weighted by Gasteiger charge is 2.34. The van der Waals surface area contributed by atoms with Crippen molar-refractivity contribution >= 4 is 0 Å². The number of hydrogen-bond donors (Lipinski definition) is 0. The van der Waals surface area contributed by atoms with Crippen molar-refractivity contribution in [1.82, 2.24) is 0 Å². The quantitative estimate of drug-likeness (QED) is 0.607. The van der Waals surface area contributed by atoms with Gasteiger partial charge in [0.25, 0.3) is 0 Å². The zero-order chi connectivity index (χ0) is 13.8. The van der Waals surface area contributed by atoms with Gasteiger partial charge in [0, 0.05) is 0 Å². The molecule has 0 spiro atoms. The molecule has 0 nitrogen and oxygen atoms in total. The summed E-state index contributed by atoms with van der Waals surface area (Å²) in [5, 5.41) is 0. The molecule has 0 saturated heterocycles. The first-order valence-electron chi connectivity index (χ1n) is 8.87. The van der Waals surface area contributed by atoms with E-state index in [1.54, 1.807) is 25.7 Å². The van der Waals surface area contributed by atoms with E-state index in [2.05, 4.69) is 37.3 Å². The predicted octanol–water partition coefficient (Wildman–Crippen LogP) is 5.86. The lowest BCUT2D eigenvalue weighted by Gasteiger charge is -2.32. The van der Waals surface area contributed by atoms with Crippen molar-refractivity contribution < 1.29 is 0 Å². The zero-order valence-electron chi connectivity index (χ0n) is 13.1. The van der Waals surface area contributed by atoms with E-state index in [4.69, 9.17) is 0 Å². The summed E-state index contributed by atoms with van der Waals surface area (Å²) in [6.07, 6.45) is 13.3. The molecule has 3 rings (SSSR count). The Morgan fingerprint density at radius 3 is 2.10 bits per heavy atom. The first-order valence-corrected chi connectivity index (χ1v) is 8.87. The Morgan fingerprint density at radius 1 is 0.900 bits per heavy atom. The molecule has 20 heavy (non-hydrogen) atoms. The molecule has 0 N–H and O–H groups in total. The number of aryl methyl sites for hydroxylation is 1. The zero-order valence-corrected chi connectivity index (χ0v) is 13.1. The predicted molar refractivity (Wildman–Crippen MR) is 86.7 cm³/mol. The maximum absolute atomic E-state index is 2.51. The van der Waals surface area contributed by atoms with Crippen molar-refractivity contribution in [1.29, 1.82) is 0 Å². The van der Waals surface area contributed by atoms with Gasteiger partial charge in [-0.05, 0) is 80.6 Å². The van der Waals surface area contributed by atoms with Crippen molar-refractivity contribution in [3.8, 4) is 0 Å². The van der Waals surface area contributed by atoms with E-state index in [0.29, 0.717) is 0 Å². The molecular weight excluding hydrogens is 240 g/mol. The number of benzene rings is 1. The van der Waals surface area contributed by atoms with Gasteiger partial charge in [-0.15, -0.1) is 0 Å². The largest absolute Gasteiger partial charge is 0.0622 e. The van der Waals surface area contributed by atoms with Gasteiger partial charge < -0.3 is 0 Å². The molecule has 0 heterocycles. The first kappa shape index (κ1) is 14.2. The molecule has 1 unspecified atom stereocenters. The molecule has 1 atom stereocenters. The van der Waals surface area contributed by atoms with E-state index in [-0.39, 0.29) is 0 Å². The van der Waals surface area contributed by atoms with Crippen LogP contribution in [0, 0.1) is 23.7 Å². The third-order valence-corrected chi connectivity index (χ3v) is 5.88. The summed E-state index contributed by atoms with van der Waals surface area (Å²) in [6, 6.07) is 11.0. The average molecular weight is 270 g/mol. The molecule has 1 aromatic carbocycles. The van der Waals surface area contributed by atoms with Crippen LogP contribution in [-0.2, 0) is 6.42 Å². The normalized spacial score (nSPS) is 28.2. The Labute approximate surface area is 125 Å². The summed E-state index contributed by atoms with van der Waals surface area (Å²) >= 11 is 0. The first-order chi connectivity index (χ1) is 9.83. The minimum absolute atomic E-state index is 0.943. The second-order valence-corrected chi connectivity index (χ2v) is 7.37. The Bertz CT molecular complexity index is 382. The minimum Gasteiger partial charge on any atom is -0.0622 e. The monoisotopic (exact) mass is 270 g/mol. The second-order valence-electron chi connectivity index (χ2n) is 7.37. The summed E-state index contributed by atoms with van der Waals surface area (Å²) in [7, 11) is 0. The van der Waals surface area contributed by atoms with Gasteiger partial charge in [-0.1, -0.05) is 43.7 Å². The van der Waals surface area contributed by atoms with Gasteiger partial charge >= 0.3 is 0 Å². The van der Waals surface area contributed by atoms with Crippen LogP contribution in [0.25, 0.3) is 0 Å². The van der Waals surface area contributed by atoms with Crippen LogP contribution in [0.3, 0.4) is 0 Å². The van der Waals surface area contributed by atoms with E-state index >= 15 is 0 Å².